The fraction of sp³-hybridized carbons (Fsp3) is 0.476. The Hall–Kier alpha value is -2.23. The van der Waals surface area contributed by atoms with Gasteiger partial charge in [0.2, 0.25) is 0 Å². The zero-order chi connectivity index (χ0) is 21.8. The maximum absolute atomic E-state index is 12.7. The average Bonchev–Trinajstić information content (AvgIpc) is 3.27. The minimum atomic E-state index is -3.22. The normalized spacial score (nSPS) is 23.5. The van der Waals surface area contributed by atoms with Crippen LogP contribution in [0, 0.1) is 6.92 Å². The Kier molecular flexibility index (Phi) is 5.15. The molecule has 5 heterocycles. The number of ether oxygens (including phenoxy) is 1. The van der Waals surface area contributed by atoms with Gasteiger partial charge in [0.1, 0.15) is 21.9 Å². The van der Waals surface area contributed by atoms with E-state index in [1.807, 2.05) is 19.1 Å². The van der Waals surface area contributed by atoms with Crippen LogP contribution in [0.4, 0.5) is 5.82 Å². The van der Waals surface area contributed by atoms with E-state index >= 15 is 0 Å². The van der Waals surface area contributed by atoms with Gasteiger partial charge in [-0.2, -0.15) is 0 Å². The molecule has 164 valence electrons. The Bertz CT molecular complexity index is 1260. The van der Waals surface area contributed by atoms with E-state index in [0.717, 1.165) is 16.6 Å². The van der Waals surface area contributed by atoms with Crippen molar-refractivity contribution in [2.45, 2.75) is 38.0 Å². The molecule has 10 heteroatoms. The number of aromatic amines is 1. The van der Waals surface area contributed by atoms with Crippen molar-refractivity contribution in [2.75, 3.05) is 30.4 Å². The second-order valence-corrected chi connectivity index (χ2v) is 11.0. The van der Waals surface area contributed by atoms with Crippen LogP contribution in [0.3, 0.4) is 0 Å². The van der Waals surface area contributed by atoms with Gasteiger partial charge in [-0.05, 0) is 38.8 Å². The number of aromatic nitrogens is 4. The molecular formula is C21H24ClN5O3S. The van der Waals surface area contributed by atoms with E-state index in [1.165, 1.54) is 0 Å². The predicted molar refractivity (Wildman–Crippen MR) is 120 cm³/mol. The van der Waals surface area contributed by atoms with Gasteiger partial charge in [0.05, 0.1) is 30.7 Å². The zero-order valence-corrected chi connectivity index (χ0v) is 19.0. The maximum Gasteiger partial charge on any atom is 0.162 e. The van der Waals surface area contributed by atoms with E-state index in [4.69, 9.17) is 26.3 Å². The number of hydrogen-bond donors (Lipinski definition) is 1. The summed E-state index contributed by atoms with van der Waals surface area (Å²) in [7, 11) is -3.22. The predicted octanol–water partition coefficient (Wildman–Crippen LogP) is 3.46. The summed E-state index contributed by atoms with van der Waals surface area (Å²) in [4.78, 5) is 19.3. The molecule has 0 bridgehead atoms. The molecule has 2 aliphatic rings. The lowest BCUT2D eigenvalue weighted by Gasteiger charge is -2.34. The van der Waals surface area contributed by atoms with Crippen LogP contribution >= 0.6 is 11.6 Å². The van der Waals surface area contributed by atoms with Gasteiger partial charge in [-0.1, -0.05) is 11.6 Å². The van der Waals surface area contributed by atoms with Crippen LogP contribution < -0.4 is 4.90 Å². The van der Waals surface area contributed by atoms with Crippen LogP contribution in [-0.2, 0) is 14.6 Å². The van der Waals surface area contributed by atoms with Crippen LogP contribution in [-0.4, -0.2) is 59.9 Å². The summed E-state index contributed by atoms with van der Waals surface area (Å²) < 4.78 is 31.0. The summed E-state index contributed by atoms with van der Waals surface area (Å²) in [5.74, 6) is 1.37. The number of halogens is 1. The third-order valence-corrected chi connectivity index (χ3v) is 8.39. The molecule has 3 aromatic heterocycles. The maximum atomic E-state index is 12.7. The zero-order valence-electron chi connectivity index (χ0n) is 17.4. The summed E-state index contributed by atoms with van der Waals surface area (Å²) in [6, 6.07) is 5.68. The number of morpholine rings is 1. The number of fused-ring (bicyclic) bond motifs is 1. The Balaban J connectivity index is 1.72. The van der Waals surface area contributed by atoms with Gasteiger partial charge in [0.25, 0.3) is 0 Å². The van der Waals surface area contributed by atoms with Crippen molar-refractivity contribution in [1.82, 2.24) is 19.9 Å². The molecule has 0 aromatic carbocycles. The van der Waals surface area contributed by atoms with Crippen LogP contribution in [0.1, 0.15) is 36.4 Å². The van der Waals surface area contributed by atoms with Gasteiger partial charge in [0.15, 0.2) is 15.7 Å². The number of nitrogens with one attached hydrogen (secondary N) is 1. The first-order chi connectivity index (χ1) is 14.8. The van der Waals surface area contributed by atoms with Crippen LogP contribution in [0.25, 0.3) is 22.4 Å². The first-order valence-electron chi connectivity index (χ1n) is 10.4. The molecule has 31 heavy (non-hydrogen) atoms. The smallest absolute Gasteiger partial charge is 0.162 e. The minimum Gasteiger partial charge on any atom is -0.377 e. The molecule has 2 aliphatic heterocycles. The minimum absolute atomic E-state index is 0.125. The van der Waals surface area contributed by atoms with E-state index in [0.29, 0.717) is 60.7 Å². The lowest BCUT2D eigenvalue weighted by Crippen LogP contribution is -2.44. The Morgan fingerprint density at radius 2 is 2.06 bits per heavy atom. The molecule has 2 atom stereocenters. The second kappa shape index (κ2) is 7.72. The van der Waals surface area contributed by atoms with Crippen molar-refractivity contribution < 1.29 is 13.2 Å². The van der Waals surface area contributed by atoms with Gasteiger partial charge in [0, 0.05) is 29.3 Å². The van der Waals surface area contributed by atoms with Crippen molar-refractivity contribution in [3.8, 4) is 11.4 Å². The fourth-order valence-electron chi connectivity index (χ4n) is 4.47. The average molecular weight is 462 g/mol. The van der Waals surface area contributed by atoms with Gasteiger partial charge < -0.3 is 14.6 Å². The van der Waals surface area contributed by atoms with Crippen molar-refractivity contribution in [1.29, 1.82) is 0 Å². The Morgan fingerprint density at radius 1 is 1.23 bits per heavy atom. The van der Waals surface area contributed by atoms with Crippen LogP contribution in [0.15, 0.2) is 18.2 Å². The molecule has 5 rings (SSSR count). The number of H-pyrrole nitrogens is 1. The van der Waals surface area contributed by atoms with Gasteiger partial charge >= 0.3 is 0 Å². The van der Waals surface area contributed by atoms with Crippen LogP contribution in [0.2, 0.25) is 5.15 Å². The number of rotatable bonds is 3. The lowest BCUT2D eigenvalue weighted by atomic mass is 10.1. The number of aryl methyl sites for hydroxylation is 1. The highest BCUT2D eigenvalue weighted by Crippen LogP contribution is 2.37. The summed E-state index contributed by atoms with van der Waals surface area (Å²) in [5, 5.41) is 0.576. The third kappa shape index (κ3) is 3.79. The molecule has 0 spiro atoms. The first-order valence-corrected chi connectivity index (χ1v) is 12.5. The summed E-state index contributed by atoms with van der Waals surface area (Å²) in [5.41, 5.74) is 2.88. The highest BCUT2D eigenvalue weighted by molar-refractivity contribution is 7.91. The number of hydrogen-bond acceptors (Lipinski definition) is 7. The molecule has 2 fully saturated rings. The second-order valence-electron chi connectivity index (χ2n) is 8.30. The van der Waals surface area contributed by atoms with Gasteiger partial charge in [-0.3, -0.25) is 0 Å². The highest BCUT2D eigenvalue weighted by atomic mass is 35.5. The Labute approximate surface area is 185 Å². The number of nitrogens with zero attached hydrogens (tertiary/aromatic N) is 4. The highest BCUT2D eigenvalue weighted by Gasteiger charge is 2.35. The number of pyridine rings is 1. The monoisotopic (exact) mass is 461 g/mol. The molecule has 2 saturated heterocycles. The largest absolute Gasteiger partial charge is 0.377 e. The van der Waals surface area contributed by atoms with Crippen molar-refractivity contribution in [3.63, 3.8) is 0 Å². The summed E-state index contributed by atoms with van der Waals surface area (Å²) in [6.07, 6.45) is 1.23. The molecule has 8 nitrogen and oxygen atoms in total. The quantitative estimate of drug-likeness (QED) is 0.596. The molecule has 0 unspecified atom stereocenters. The van der Waals surface area contributed by atoms with Crippen molar-refractivity contribution in [3.05, 3.63) is 34.7 Å². The van der Waals surface area contributed by atoms with Crippen LogP contribution in [0.5, 0.6) is 0 Å². The molecular weight excluding hydrogens is 438 g/mol. The van der Waals surface area contributed by atoms with Gasteiger partial charge in [-0.15, -0.1) is 0 Å². The Morgan fingerprint density at radius 3 is 2.81 bits per heavy atom. The molecule has 0 amide bonds. The third-order valence-electron chi connectivity index (χ3n) is 6.00. The molecule has 0 radical (unpaired) electrons. The summed E-state index contributed by atoms with van der Waals surface area (Å²) in [6.45, 7) is 5.90. The van der Waals surface area contributed by atoms with Crippen molar-refractivity contribution >= 4 is 38.3 Å². The molecule has 3 aromatic rings. The summed E-state index contributed by atoms with van der Waals surface area (Å²) >= 11 is 6.30. The van der Waals surface area contributed by atoms with Crippen molar-refractivity contribution in [2.24, 2.45) is 0 Å². The van der Waals surface area contributed by atoms with E-state index in [9.17, 15) is 8.42 Å². The number of anilines is 1. The topological polar surface area (TPSA) is 101 Å². The van der Waals surface area contributed by atoms with E-state index in [-0.39, 0.29) is 11.8 Å². The van der Waals surface area contributed by atoms with Gasteiger partial charge in [-0.25, -0.2) is 23.4 Å². The van der Waals surface area contributed by atoms with E-state index in [2.05, 4.69) is 21.8 Å². The number of sulfone groups is 1. The fourth-order valence-corrected chi connectivity index (χ4v) is 6.53. The standard InChI is InChI=1S/C21H24ClN5O3S/c1-12-8-14-15(9-18(22)25-20(14)23-12)21-24-16(17-4-3-7-31(17,28)29)10-19(26-21)27-5-6-30-11-13(27)2/h8-10,13,17H,3-7,11H2,1-2H3,(H,23,25)/t13-,17-/m1/s1. The van der Waals surface area contributed by atoms with E-state index < -0.39 is 15.1 Å². The first kappa shape index (κ1) is 20.7. The lowest BCUT2D eigenvalue weighted by molar-refractivity contribution is 0.0985. The molecule has 0 saturated carbocycles. The molecule has 1 N–H and O–H groups in total. The SMILES string of the molecule is Cc1cc2c(-c3nc([C@H]4CCCS4(=O)=O)cc(N4CCOC[C@H]4C)n3)cc(Cl)nc2[nH]1. The molecule has 0 aliphatic carbocycles. The van der Waals surface area contributed by atoms with E-state index in [1.54, 1.807) is 6.07 Å².